The van der Waals surface area contributed by atoms with E-state index in [2.05, 4.69) is 30.0 Å². The second kappa shape index (κ2) is 5.75. The topological polar surface area (TPSA) is 47.3 Å². The van der Waals surface area contributed by atoms with Crippen molar-refractivity contribution >= 4 is 11.6 Å². The Morgan fingerprint density at radius 2 is 2.26 bits per heavy atom. The Labute approximate surface area is 114 Å². The van der Waals surface area contributed by atoms with Crippen LogP contribution in [0.3, 0.4) is 0 Å². The Hall–Kier alpha value is -2.02. The lowest BCUT2D eigenvalue weighted by Gasteiger charge is -2.26. The first-order valence-corrected chi connectivity index (χ1v) is 6.59. The summed E-state index contributed by atoms with van der Waals surface area (Å²) in [5.74, 6) is 0.0683. The molecule has 2 rings (SSSR count). The number of nitriles is 1. The number of anilines is 1. The molecule has 4 nitrogen and oxygen atoms in total. The number of rotatable bonds is 4. The fraction of sp³-hybridized carbons (Fsp3) is 0.467. The van der Waals surface area contributed by atoms with E-state index in [1.807, 2.05) is 12.1 Å². The van der Waals surface area contributed by atoms with E-state index in [1.165, 1.54) is 5.56 Å². The van der Waals surface area contributed by atoms with Gasteiger partial charge in [-0.1, -0.05) is 18.2 Å². The van der Waals surface area contributed by atoms with E-state index < -0.39 is 0 Å². The summed E-state index contributed by atoms with van der Waals surface area (Å²) >= 11 is 0. The standard InChI is InChI=1S/C15H19N3O/c1-12-10-13-6-3-4-7-14(13)18(12)11-15(19)17(2)9-5-8-16/h3-4,6-7,12H,5,9-11H2,1-2H3. The van der Waals surface area contributed by atoms with Crippen LogP contribution in [0.4, 0.5) is 5.69 Å². The van der Waals surface area contributed by atoms with Gasteiger partial charge in [-0.05, 0) is 25.0 Å². The fourth-order valence-electron chi connectivity index (χ4n) is 2.48. The Balaban J connectivity index is 2.03. The second-order valence-electron chi connectivity index (χ2n) is 5.03. The molecule has 1 atom stereocenters. The summed E-state index contributed by atoms with van der Waals surface area (Å²) in [6, 6.07) is 10.7. The van der Waals surface area contributed by atoms with Crippen LogP contribution in [0.2, 0.25) is 0 Å². The molecule has 0 aliphatic carbocycles. The molecule has 0 bridgehead atoms. The van der Waals surface area contributed by atoms with E-state index in [1.54, 1.807) is 11.9 Å². The molecule has 0 spiro atoms. The van der Waals surface area contributed by atoms with Crippen molar-refractivity contribution in [1.82, 2.24) is 4.90 Å². The minimum Gasteiger partial charge on any atom is -0.359 e. The van der Waals surface area contributed by atoms with E-state index in [4.69, 9.17) is 5.26 Å². The first-order valence-electron chi connectivity index (χ1n) is 6.59. The molecule has 0 N–H and O–H groups in total. The highest BCUT2D eigenvalue weighted by molar-refractivity contribution is 5.82. The summed E-state index contributed by atoms with van der Waals surface area (Å²) in [7, 11) is 1.76. The maximum atomic E-state index is 12.1. The van der Waals surface area contributed by atoms with Crippen LogP contribution in [0.15, 0.2) is 24.3 Å². The van der Waals surface area contributed by atoms with E-state index in [-0.39, 0.29) is 5.91 Å². The molecule has 0 saturated carbocycles. The summed E-state index contributed by atoms with van der Waals surface area (Å²) in [5, 5.41) is 8.55. The van der Waals surface area contributed by atoms with Crippen LogP contribution in [-0.2, 0) is 11.2 Å². The van der Waals surface area contributed by atoms with Gasteiger partial charge < -0.3 is 9.80 Å². The van der Waals surface area contributed by atoms with Crippen molar-refractivity contribution in [3.8, 4) is 6.07 Å². The number of para-hydroxylation sites is 1. The highest BCUT2D eigenvalue weighted by Crippen LogP contribution is 2.31. The lowest BCUT2D eigenvalue weighted by molar-refractivity contribution is -0.128. The van der Waals surface area contributed by atoms with Gasteiger partial charge in [0.25, 0.3) is 0 Å². The fourth-order valence-corrected chi connectivity index (χ4v) is 2.48. The second-order valence-corrected chi connectivity index (χ2v) is 5.03. The van der Waals surface area contributed by atoms with Gasteiger partial charge in [0, 0.05) is 25.3 Å². The zero-order chi connectivity index (χ0) is 13.8. The number of hydrogen-bond donors (Lipinski definition) is 0. The first kappa shape index (κ1) is 13.4. The van der Waals surface area contributed by atoms with Crippen molar-refractivity contribution < 1.29 is 4.79 Å². The molecule has 4 heteroatoms. The summed E-state index contributed by atoms with van der Waals surface area (Å²) in [6.07, 6.45) is 1.37. The Kier molecular flexibility index (Phi) is 4.06. The van der Waals surface area contributed by atoms with Crippen LogP contribution >= 0.6 is 0 Å². The maximum Gasteiger partial charge on any atom is 0.241 e. The number of benzene rings is 1. The zero-order valence-electron chi connectivity index (χ0n) is 11.5. The molecule has 1 aromatic rings. The number of likely N-dealkylation sites (N-methyl/N-ethyl adjacent to an activating group) is 1. The van der Waals surface area contributed by atoms with Crippen molar-refractivity contribution in [2.24, 2.45) is 0 Å². The third-order valence-electron chi connectivity index (χ3n) is 3.64. The maximum absolute atomic E-state index is 12.1. The number of fused-ring (bicyclic) bond motifs is 1. The molecule has 1 heterocycles. The van der Waals surface area contributed by atoms with Gasteiger partial charge >= 0.3 is 0 Å². The predicted octanol–water partition coefficient (Wildman–Crippen LogP) is 1.81. The highest BCUT2D eigenvalue weighted by atomic mass is 16.2. The zero-order valence-corrected chi connectivity index (χ0v) is 11.5. The van der Waals surface area contributed by atoms with Crippen molar-refractivity contribution in [3.05, 3.63) is 29.8 Å². The lowest BCUT2D eigenvalue weighted by Crippen LogP contribution is -2.41. The van der Waals surface area contributed by atoms with Gasteiger partial charge in [0.15, 0.2) is 0 Å². The summed E-state index contributed by atoms with van der Waals surface area (Å²) < 4.78 is 0. The van der Waals surface area contributed by atoms with Gasteiger partial charge in [-0.15, -0.1) is 0 Å². The number of nitrogens with zero attached hydrogens (tertiary/aromatic N) is 3. The van der Waals surface area contributed by atoms with Crippen LogP contribution in [0.25, 0.3) is 0 Å². The van der Waals surface area contributed by atoms with E-state index >= 15 is 0 Å². The van der Waals surface area contributed by atoms with Gasteiger partial charge in [0.05, 0.1) is 19.0 Å². The molecule has 0 fully saturated rings. The van der Waals surface area contributed by atoms with Crippen LogP contribution in [0, 0.1) is 11.3 Å². The van der Waals surface area contributed by atoms with E-state index in [0.717, 1.165) is 12.1 Å². The Bertz CT molecular complexity index is 506. The van der Waals surface area contributed by atoms with E-state index in [0.29, 0.717) is 25.6 Å². The number of amides is 1. The molecular formula is C15H19N3O. The van der Waals surface area contributed by atoms with Gasteiger partial charge in [0.1, 0.15) is 0 Å². The van der Waals surface area contributed by atoms with Crippen molar-refractivity contribution in [2.75, 3.05) is 25.0 Å². The van der Waals surface area contributed by atoms with E-state index in [9.17, 15) is 4.79 Å². The van der Waals surface area contributed by atoms with Gasteiger partial charge in [0.2, 0.25) is 5.91 Å². The number of carbonyl (C=O) groups excluding carboxylic acids is 1. The average molecular weight is 257 g/mol. The predicted molar refractivity (Wildman–Crippen MR) is 74.8 cm³/mol. The third kappa shape index (κ3) is 2.87. The van der Waals surface area contributed by atoms with Crippen LogP contribution in [0.1, 0.15) is 18.9 Å². The minimum absolute atomic E-state index is 0.0683. The molecule has 1 unspecified atom stereocenters. The monoisotopic (exact) mass is 257 g/mol. The molecule has 1 aliphatic heterocycles. The van der Waals surface area contributed by atoms with Gasteiger partial charge in [-0.3, -0.25) is 4.79 Å². The van der Waals surface area contributed by atoms with Crippen LogP contribution in [-0.4, -0.2) is 37.0 Å². The van der Waals surface area contributed by atoms with Gasteiger partial charge in [-0.2, -0.15) is 5.26 Å². The largest absolute Gasteiger partial charge is 0.359 e. The van der Waals surface area contributed by atoms with Crippen molar-refractivity contribution in [2.45, 2.75) is 25.8 Å². The summed E-state index contributed by atoms with van der Waals surface area (Å²) in [6.45, 7) is 3.03. The molecule has 0 radical (unpaired) electrons. The highest BCUT2D eigenvalue weighted by Gasteiger charge is 2.27. The average Bonchev–Trinajstić information content (AvgIpc) is 2.72. The summed E-state index contributed by atoms with van der Waals surface area (Å²) in [5.41, 5.74) is 2.47. The molecule has 19 heavy (non-hydrogen) atoms. The quantitative estimate of drug-likeness (QED) is 0.826. The van der Waals surface area contributed by atoms with Gasteiger partial charge in [-0.25, -0.2) is 0 Å². The van der Waals surface area contributed by atoms with Crippen molar-refractivity contribution in [3.63, 3.8) is 0 Å². The molecule has 1 amide bonds. The molecule has 1 aliphatic rings. The molecule has 1 aromatic carbocycles. The number of hydrogen-bond acceptors (Lipinski definition) is 3. The Morgan fingerprint density at radius 3 is 3.00 bits per heavy atom. The number of carbonyl (C=O) groups is 1. The smallest absolute Gasteiger partial charge is 0.241 e. The summed E-state index contributed by atoms with van der Waals surface area (Å²) in [4.78, 5) is 15.9. The minimum atomic E-state index is 0.0683. The van der Waals surface area contributed by atoms with Crippen LogP contribution < -0.4 is 4.90 Å². The molecular weight excluding hydrogens is 238 g/mol. The Morgan fingerprint density at radius 1 is 1.53 bits per heavy atom. The first-order chi connectivity index (χ1) is 9.13. The lowest BCUT2D eigenvalue weighted by atomic mass is 10.1. The molecule has 0 aromatic heterocycles. The third-order valence-corrected chi connectivity index (χ3v) is 3.64. The van der Waals surface area contributed by atoms with Crippen LogP contribution in [0.5, 0.6) is 0 Å². The normalized spacial score (nSPS) is 16.9. The molecule has 0 saturated heterocycles. The van der Waals surface area contributed by atoms with Crippen molar-refractivity contribution in [1.29, 1.82) is 5.26 Å². The SMILES string of the molecule is CC1Cc2ccccc2N1CC(=O)N(C)CCC#N. The molecule has 100 valence electrons.